The molecular formula is C13H18O4. The molecule has 4 nitrogen and oxygen atoms in total. The predicted molar refractivity (Wildman–Crippen MR) is 61.2 cm³/mol. The van der Waals surface area contributed by atoms with Crippen LogP contribution in [0.5, 0.6) is 0 Å². The van der Waals surface area contributed by atoms with Gasteiger partial charge >= 0.3 is 11.9 Å². The Hall–Kier alpha value is -1.32. The smallest absolute Gasteiger partial charge is 0.333 e. The fourth-order valence-corrected chi connectivity index (χ4v) is 2.62. The van der Waals surface area contributed by atoms with Gasteiger partial charge in [-0.15, -0.1) is 0 Å². The summed E-state index contributed by atoms with van der Waals surface area (Å²) in [6.07, 6.45) is 4.40. The van der Waals surface area contributed by atoms with Crippen LogP contribution in [0.4, 0.5) is 0 Å². The molecule has 2 aliphatic rings. The average molecular weight is 238 g/mol. The van der Waals surface area contributed by atoms with Crippen LogP contribution in [0.25, 0.3) is 0 Å². The Morgan fingerprint density at radius 2 is 2.24 bits per heavy atom. The molecular weight excluding hydrogens is 220 g/mol. The van der Waals surface area contributed by atoms with E-state index in [-0.39, 0.29) is 18.0 Å². The van der Waals surface area contributed by atoms with E-state index in [2.05, 4.69) is 6.58 Å². The van der Waals surface area contributed by atoms with E-state index in [1.165, 1.54) is 0 Å². The first-order valence-electron chi connectivity index (χ1n) is 6.12. The molecule has 1 saturated heterocycles. The van der Waals surface area contributed by atoms with Gasteiger partial charge in [0.15, 0.2) is 0 Å². The third-order valence-corrected chi connectivity index (χ3v) is 3.57. The van der Waals surface area contributed by atoms with Gasteiger partial charge in [0.05, 0.1) is 0 Å². The van der Waals surface area contributed by atoms with Crippen LogP contribution in [0, 0.1) is 0 Å². The van der Waals surface area contributed by atoms with Gasteiger partial charge in [-0.05, 0) is 32.6 Å². The Kier molecular flexibility index (Phi) is 3.22. The Morgan fingerprint density at radius 3 is 2.82 bits per heavy atom. The zero-order valence-electron chi connectivity index (χ0n) is 10.2. The number of ether oxygens (including phenoxy) is 2. The Labute approximate surface area is 101 Å². The van der Waals surface area contributed by atoms with E-state index >= 15 is 0 Å². The molecule has 0 bridgehead atoms. The Bertz CT molecular complexity index is 360. The normalized spacial score (nSPS) is 32.3. The average Bonchev–Trinajstić information content (AvgIpc) is 2.64. The Morgan fingerprint density at radius 1 is 1.47 bits per heavy atom. The largest absolute Gasteiger partial charge is 0.455 e. The van der Waals surface area contributed by atoms with Gasteiger partial charge in [0.1, 0.15) is 11.7 Å². The lowest BCUT2D eigenvalue weighted by atomic mass is 9.80. The van der Waals surface area contributed by atoms with Crippen molar-refractivity contribution >= 4 is 11.9 Å². The molecule has 1 aliphatic heterocycles. The molecule has 17 heavy (non-hydrogen) atoms. The van der Waals surface area contributed by atoms with Crippen LogP contribution in [-0.2, 0) is 19.1 Å². The van der Waals surface area contributed by atoms with Crippen molar-refractivity contribution in [3.63, 3.8) is 0 Å². The second kappa shape index (κ2) is 4.51. The fourth-order valence-electron chi connectivity index (χ4n) is 2.62. The van der Waals surface area contributed by atoms with Gasteiger partial charge in [0.25, 0.3) is 0 Å². The lowest BCUT2D eigenvalue weighted by Crippen LogP contribution is -2.47. The second-order valence-corrected chi connectivity index (χ2v) is 4.96. The first-order chi connectivity index (χ1) is 8.03. The summed E-state index contributed by atoms with van der Waals surface area (Å²) >= 11 is 0. The predicted octanol–water partition coefficient (Wildman–Crippen LogP) is 2.12. The van der Waals surface area contributed by atoms with E-state index in [1.807, 2.05) is 0 Å². The third kappa shape index (κ3) is 2.35. The van der Waals surface area contributed by atoms with Gasteiger partial charge in [-0.1, -0.05) is 6.58 Å². The SMILES string of the molecule is C=C(C)C(=O)OC1CCCCC12CCC(=O)O2. The van der Waals surface area contributed by atoms with E-state index in [4.69, 9.17) is 9.47 Å². The highest BCUT2D eigenvalue weighted by Crippen LogP contribution is 2.41. The number of carbonyl (C=O) groups excluding carboxylic acids is 2. The van der Waals surface area contributed by atoms with E-state index in [0.29, 0.717) is 18.4 Å². The van der Waals surface area contributed by atoms with Gasteiger partial charge in [-0.3, -0.25) is 4.79 Å². The summed E-state index contributed by atoms with van der Waals surface area (Å²) in [5.41, 5.74) is -0.171. The van der Waals surface area contributed by atoms with Crippen molar-refractivity contribution in [2.24, 2.45) is 0 Å². The molecule has 0 aromatic heterocycles. The summed E-state index contributed by atoms with van der Waals surface area (Å²) < 4.78 is 10.9. The summed E-state index contributed by atoms with van der Waals surface area (Å²) in [6.45, 7) is 5.19. The zero-order valence-corrected chi connectivity index (χ0v) is 10.2. The highest BCUT2D eigenvalue weighted by atomic mass is 16.6. The molecule has 2 atom stereocenters. The first kappa shape index (κ1) is 12.1. The molecule has 2 unspecified atom stereocenters. The van der Waals surface area contributed by atoms with Crippen LogP contribution in [0.3, 0.4) is 0 Å². The van der Waals surface area contributed by atoms with Crippen LogP contribution < -0.4 is 0 Å². The minimum absolute atomic E-state index is 0.178. The van der Waals surface area contributed by atoms with Crippen molar-refractivity contribution in [2.45, 2.75) is 57.2 Å². The van der Waals surface area contributed by atoms with Crippen LogP contribution in [-0.4, -0.2) is 23.6 Å². The number of hydrogen-bond acceptors (Lipinski definition) is 4. The molecule has 2 fully saturated rings. The maximum Gasteiger partial charge on any atom is 0.333 e. The highest BCUT2D eigenvalue weighted by Gasteiger charge is 2.50. The maximum atomic E-state index is 11.6. The number of carbonyl (C=O) groups is 2. The molecule has 2 rings (SSSR count). The molecule has 4 heteroatoms. The van der Waals surface area contributed by atoms with Crippen molar-refractivity contribution in [1.82, 2.24) is 0 Å². The summed E-state index contributed by atoms with van der Waals surface area (Å²) in [4.78, 5) is 22.9. The zero-order chi connectivity index (χ0) is 12.5. The number of hydrogen-bond donors (Lipinski definition) is 0. The van der Waals surface area contributed by atoms with Crippen LogP contribution in [0.15, 0.2) is 12.2 Å². The quantitative estimate of drug-likeness (QED) is 0.546. The second-order valence-electron chi connectivity index (χ2n) is 4.96. The topological polar surface area (TPSA) is 52.6 Å². The summed E-state index contributed by atoms with van der Waals surface area (Å²) in [7, 11) is 0. The fraction of sp³-hybridized carbons (Fsp3) is 0.692. The Balaban J connectivity index is 2.10. The third-order valence-electron chi connectivity index (χ3n) is 3.57. The summed E-state index contributed by atoms with van der Waals surface area (Å²) in [5.74, 6) is -0.567. The van der Waals surface area contributed by atoms with Gasteiger partial charge in [0, 0.05) is 18.4 Å². The lowest BCUT2D eigenvalue weighted by Gasteiger charge is -2.38. The molecule has 0 aromatic rings. The van der Waals surface area contributed by atoms with Crippen molar-refractivity contribution in [3.8, 4) is 0 Å². The van der Waals surface area contributed by atoms with Gasteiger partial charge < -0.3 is 9.47 Å². The summed E-state index contributed by atoms with van der Waals surface area (Å²) in [6, 6.07) is 0. The van der Waals surface area contributed by atoms with Gasteiger partial charge in [-0.25, -0.2) is 4.79 Å². The molecule has 1 aliphatic carbocycles. The molecule has 1 heterocycles. The minimum Gasteiger partial charge on any atom is -0.455 e. The van der Waals surface area contributed by atoms with E-state index in [1.54, 1.807) is 6.92 Å². The van der Waals surface area contributed by atoms with Crippen LogP contribution in [0.1, 0.15) is 45.4 Å². The van der Waals surface area contributed by atoms with E-state index < -0.39 is 5.60 Å². The molecule has 0 aromatic carbocycles. The first-order valence-corrected chi connectivity index (χ1v) is 6.12. The van der Waals surface area contributed by atoms with E-state index in [9.17, 15) is 9.59 Å². The van der Waals surface area contributed by atoms with Gasteiger partial charge in [0.2, 0.25) is 0 Å². The van der Waals surface area contributed by atoms with Crippen LogP contribution in [0.2, 0.25) is 0 Å². The monoisotopic (exact) mass is 238 g/mol. The molecule has 0 radical (unpaired) electrons. The number of esters is 2. The lowest BCUT2D eigenvalue weighted by molar-refractivity contribution is -0.179. The highest BCUT2D eigenvalue weighted by molar-refractivity contribution is 5.87. The van der Waals surface area contributed by atoms with E-state index in [0.717, 1.165) is 25.7 Å². The van der Waals surface area contributed by atoms with Crippen molar-refractivity contribution < 1.29 is 19.1 Å². The molecule has 94 valence electrons. The molecule has 1 spiro atoms. The molecule has 1 saturated carbocycles. The standard InChI is InChI=1S/C13H18O4/c1-9(2)12(15)16-10-5-3-4-7-13(10)8-6-11(14)17-13/h10H,1,3-8H2,2H3. The minimum atomic E-state index is -0.555. The maximum absolute atomic E-state index is 11.6. The van der Waals surface area contributed by atoms with Gasteiger partial charge in [-0.2, -0.15) is 0 Å². The number of rotatable bonds is 2. The summed E-state index contributed by atoms with van der Waals surface area (Å²) in [5, 5.41) is 0. The van der Waals surface area contributed by atoms with Crippen molar-refractivity contribution in [3.05, 3.63) is 12.2 Å². The van der Waals surface area contributed by atoms with Crippen LogP contribution >= 0.6 is 0 Å². The molecule has 0 amide bonds. The van der Waals surface area contributed by atoms with Crippen molar-refractivity contribution in [1.29, 1.82) is 0 Å². The van der Waals surface area contributed by atoms with Crippen molar-refractivity contribution in [2.75, 3.05) is 0 Å². The molecule has 0 N–H and O–H groups in total.